The Bertz CT molecular complexity index is 1280. The van der Waals surface area contributed by atoms with Crippen LogP contribution in [0.25, 0.3) is 0 Å². The van der Waals surface area contributed by atoms with Crippen LogP contribution in [0.1, 0.15) is 61.3 Å². The molecule has 0 aliphatic carbocycles. The van der Waals surface area contributed by atoms with Crippen molar-refractivity contribution in [3.63, 3.8) is 0 Å². The molecule has 0 spiro atoms. The van der Waals surface area contributed by atoms with Crippen molar-refractivity contribution in [2.24, 2.45) is 0 Å². The van der Waals surface area contributed by atoms with E-state index < -0.39 is 20.4 Å². The van der Waals surface area contributed by atoms with Crippen molar-refractivity contribution in [1.82, 2.24) is 0 Å². The van der Waals surface area contributed by atoms with Crippen molar-refractivity contribution in [3.05, 3.63) is 72.8 Å². The molecule has 0 aliphatic rings. The Hall–Kier alpha value is -2.68. The highest BCUT2D eigenvalue weighted by molar-refractivity contribution is 8.32. The molecule has 0 heterocycles. The summed E-state index contributed by atoms with van der Waals surface area (Å²) in [7, 11) is -2.37. The number of rotatable bonds is 11. The number of unbranched alkanes of at least 4 members (excludes halogenated alkanes) is 1. The molecular formula is C32H46NO5S2+. The average Bonchev–Trinajstić information content (AvgIpc) is 2.85. The van der Waals surface area contributed by atoms with Crippen LogP contribution in [0, 0.1) is 0 Å². The Kier molecular flexibility index (Phi) is 9.91. The number of hydrogen-bond acceptors (Lipinski definition) is 5. The van der Waals surface area contributed by atoms with Crippen LogP contribution in [0.3, 0.4) is 0 Å². The highest BCUT2D eigenvalue weighted by Gasteiger charge is 2.43. The first-order valence-corrected chi connectivity index (χ1v) is 16.9. The quantitative estimate of drug-likeness (QED) is 0.166. The van der Waals surface area contributed by atoms with E-state index in [0.29, 0.717) is 6.42 Å². The second-order valence-electron chi connectivity index (χ2n) is 12.1. The number of hydrogen-bond donors (Lipinski definition) is 0. The molecule has 0 unspecified atom stereocenters. The summed E-state index contributed by atoms with van der Waals surface area (Å²) in [6.07, 6.45) is 1.32. The maximum Gasteiger partial charge on any atom is 0.390 e. The SMILES string of the molecule is CCCCS(=O)(=O)[OH+]S(c1ccc(OC(C)(C)C)cc1)(c1ccc(OC(C)(C)C)cc1)c1ccc(N(C)C)cc1. The van der Waals surface area contributed by atoms with Gasteiger partial charge in [-0.3, -0.25) is 3.63 Å². The molecule has 0 amide bonds. The fourth-order valence-corrected chi connectivity index (χ4v) is 9.88. The van der Waals surface area contributed by atoms with Gasteiger partial charge in [-0.25, -0.2) is 0 Å². The lowest BCUT2D eigenvalue weighted by Crippen LogP contribution is -2.23. The van der Waals surface area contributed by atoms with Gasteiger partial charge in [0.25, 0.3) is 0 Å². The van der Waals surface area contributed by atoms with Gasteiger partial charge >= 0.3 is 10.1 Å². The van der Waals surface area contributed by atoms with Gasteiger partial charge in [0.15, 0.2) is 0 Å². The van der Waals surface area contributed by atoms with Gasteiger partial charge < -0.3 is 14.4 Å². The lowest BCUT2D eigenvalue weighted by molar-refractivity contribution is 0.130. The smallest absolute Gasteiger partial charge is 0.390 e. The third-order valence-corrected chi connectivity index (χ3v) is 11.3. The average molecular weight is 589 g/mol. The van der Waals surface area contributed by atoms with Crippen molar-refractivity contribution < 1.29 is 21.5 Å². The van der Waals surface area contributed by atoms with Gasteiger partial charge in [0.2, 0.25) is 0 Å². The highest BCUT2D eigenvalue weighted by atomic mass is 32.3. The van der Waals surface area contributed by atoms with Crippen LogP contribution in [0.4, 0.5) is 5.69 Å². The predicted octanol–water partition coefficient (Wildman–Crippen LogP) is 8.53. The van der Waals surface area contributed by atoms with Gasteiger partial charge in [-0.15, -0.1) is 0 Å². The lowest BCUT2D eigenvalue weighted by atomic mass is 10.2. The minimum atomic E-state index is -3.76. The normalized spacial score (nSPS) is 13.1. The topological polar surface area (TPSA) is 68.6 Å². The van der Waals surface area contributed by atoms with Crippen molar-refractivity contribution in [1.29, 1.82) is 0 Å². The Morgan fingerprint density at radius 3 is 1.38 bits per heavy atom. The number of benzene rings is 3. The molecular weight excluding hydrogens is 542 g/mol. The minimum absolute atomic E-state index is 0.00443. The predicted molar refractivity (Wildman–Crippen MR) is 168 cm³/mol. The van der Waals surface area contributed by atoms with Crippen LogP contribution in [0.5, 0.6) is 11.5 Å². The summed E-state index contributed by atoms with van der Waals surface area (Å²) >= 11 is 0. The van der Waals surface area contributed by atoms with Gasteiger partial charge in [0, 0.05) is 19.8 Å². The molecule has 6 nitrogen and oxygen atoms in total. The zero-order valence-electron chi connectivity index (χ0n) is 25.4. The van der Waals surface area contributed by atoms with Gasteiger partial charge in [0.1, 0.15) is 28.5 Å². The number of ether oxygens (including phenoxy) is 2. The van der Waals surface area contributed by atoms with E-state index in [4.69, 9.17) is 13.1 Å². The number of nitrogens with zero attached hydrogens (tertiary/aromatic N) is 1. The van der Waals surface area contributed by atoms with E-state index in [0.717, 1.165) is 38.3 Å². The van der Waals surface area contributed by atoms with Crippen LogP contribution in [-0.4, -0.2) is 43.1 Å². The van der Waals surface area contributed by atoms with E-state index in [9.17, 15) is 8.42 Å². The Labute approximate surface area is 243 Å². The third-order valence-electron chi connectivity index (χ3n) is 5.85. The molecule has 40 heavy (non-hydrogen) atoms. The molecule has 3 rings (SSSR count). The fourth-order valence-electron chi connectivity index (χ4n) is 4.13. The zero-order chi connectivity index (χ0) is 29.8. The van der Waals surface area contributed by atoms with Crippen molar-refractivity contribution in [2.75, 3.05) is 24.7 Å². The molecule has 0 radical (unpaired) electrons. The molecule has 0 saturated heterocycles. The Balaban J connectivity index is 2.28. The van der Waals surface area contributed by atoms with E-state index in [1.54, 1.807) is 0 Å². The van der Waals surface area contributed by atoms with E-state index in [2.05, 4.69) is 0 Å². The molecule has 220 valence electrons. The molecule has 3 aromatic carbocycles. The van der Waals surface area contributed by atoms with Crippen LogP contribution in [-0.2, 0) is 10.1 Å². The Morgan fingerprint density at radius 2 is 1.05 bits per heavy atom. The van der Waals surface area contributed by atoms with E-state index >= 15 is 0 Å². The summed E-state index contributed by atoms with van der Waals surface area (Å²) in [5.74, 6) is 1.44. The first-order valence-electron chi connectivity index (χ1n) is 13.7. The molecule has 1 N–H and O–H groups in total. The second-order valence-corrected chi connectivity index (χ2v) is 16.8. The first kappa shape index (κ1) is 31.8. The summed E-state index contributed by atoms with van der Waals surface area (Å²) in [5.41, 5.74) is 0.308. The molecule has 3 aromatic rings. The zero-order valence-corrected chi connectivity index (χ0v) is 27.0. The Morgan fingerprint density at radius 1 is 0.675 bits per heavy atom. The van der Waals surface area contributed by atoms with Crippen molar-refractivity contribution in [2.45, 2.75) is 87.2 Å². The largest absolute Gasteiger partial charge is 0.488 e. The molecule has 0 aliphatic heterocycles. The second kappa shape index (κ2) is 12.5. The van der Waals surface area contributed by atoms with E-state index in [1.165, 1.54) is 0 Å². The van der Waals surface area contributed by atoms with E-state index in [-0.39, 0.29) is 17.0 Å². The lowest BCUT2D eigenvalue weighted by Gasteiger charge is -2.35. The van der Waals surface area contributed by atoms with Crippen LogP contribution >= 0.6 is 10.3 Å². The van der Waals surface area contributed by atoms with Gasteiger partial charge in [-0.05, 0) is 121 Å². The molecule has 0 saturated carbocycles. The fraction of sp³-hybridized carbons (Fsp3) is 0.438. The van der Waals surface area contributed by atoms with Crippen LogP contribution < -0.4 is 14.4 Å². The summed E-state index contributed by atoms with van der Waals surface area (Å²) in [5, 5.41) is 0. The minimum Gasteiger partial charge on any atom is -0.488 e. The monoisotopic (exact) mass is 588 g/mol. The molecule has 0 bridgehead atoms. The molecule has 0 atom stereocenters. The molecule has 8 heteroatoms. The highest BCUT2D eigenvalue weighted by Crippen LogP contribution is 2.68. The summed E-state index contributed by atoms with van der Waals surface area (Å²) in [6, 6.07) is 23.5. The van der Waals surface area contributed by atoms with Gasteiger partial charge in [0.05, 0.1) is 25.0 Å². The van der Waals surface area contributed by atoms with Gasteiger partial charge in [-0.2, -0.15) is 8.42 Å². The molecule has 0 fully saturated rings. The maximum absolute atomic E-state index is 13.6. The summed E-state index contributed by atoms with van der Waals surface area (Å²) < 4.78 is 44.2. The third kappa shape index (κ3) is 8.41. The van der Waals surface area contributed by atoms with Crippen molar-refractivity contribution in [3.8, 4) is 11.5 Å². The summed E-state index contributed by atoms with van der Waals surface area (Å²) in [4.78, 5) is 4.49. The molecule has 0 aromatic heterocycles. The standard InChI is InChI=1S/C32H45NO5S2/c1-10-11-24-39(34,35)38-40(28-18-12-25(13-19-28)33(8)9,29-20-14-26(15-21-29)36-31(2,3)4)30-22-16-27(17-23-30)37-32(5,6)7/h12-23H,10-11,24H2,1-9H3/p+1. The summed E-state index contributed by atoms with van der Waals surface area (Å²) in [6.45, 7) is 14.0. The van der Waals surface area contributed by atoms with Crippen LogP contribution in [0.2, 0.25) is 0 Å². The van der Waals surface area contributed by atoms with E-state index in [1.807, 2.05) is 140 Å². The van der Waals surface area contributed by atoms with Crippen molar-refractivity contribution >= 4 is 26.1 Å². The van der Waals surface area contributed by atoms with Gasteiger partial charge in [-0.1, -0.05) is 13.3 Å². The first-order chi connectivity index (χ1) is 18.5. The number of anilines is 1. The van der Waals surface area contributed by atoms with Crippen LogP contribution in [0.15, 0.2) is 87.5 Å². The maximum atomic E-state index is 13.6.